The summed E-state index contributed by atoms with van der Waals surface area (Å²) in [7, 11) is 2.05. The van der Waals surface area contributed by atoms with Crippen LogP contribution >= 0.6 is 0 Å². The molecule has 21 heavy (non-hydrogen) atoms. The van der Waals surface area contributed by atoms with Crippen molar-refractivity contribution in [1.82, 2.24) is 9.88 Å². The van der Waals surface area contributed by atoms with Crippen LogP contribution in [0.2, 0.25) is 0 Å². The molecular formula is C16H21N3O2. The maximum absolute atomic E-state index is 12.5. The van der Waals surface area contributed by atoms with E-state index in [9.17, 15) is 4.79 Å². The highest BCUT2D eigenvalue weighted by Crippen LogP contribution is 2.31. The molecular weight excluding hydrogens is 266 g/mol. The number of hydrogen-bond donors (Lipinski definition) is 1. The van der Waals surface area contributed by atoms with Crippen LogP contribution in [0.5, 0.6) is 0 Å². The van der Waals surface area contributed by atoms with Gasteiger partial charge in [0.15, 0.2) is 11.5 Å². The highest BCUT2D eigenvalue weighted by atomic mass is 16.3. The van der Waals surface area contributed by atoms with Crippen LogP contribution in [0.15, 0.2) is 22.6 Å². The molecule has 1 aliphatic rings. The zero-order valence-corrected chi connectivity index (χ0v) is 12.8. The molecule has 5 nitrogen and oxygen atoms in total. The van der Waals surface area contributed by atoms with Gasteiger partial charge in [0.05, 0.1) is 5.41 Å². The number of oxazole rings is 1. The van der Waals surface area contributed by atoms with Crippen LogP contribution in [0.3, 0.4) is 0 Å². The number of aromatic nitrogens is 1. The summed E-state index contributed by atoms with van der Waals surface area (Å²) in [5.74, 6) is 0.795. The van der Waals surface area contributed by atoms with Gasteiger partial charge in [0.2, 0.25) is 5.91 Å². The van der Waals surface area contributed by atoms with Crippen LogP contribution in [-0.4, -0.2) is 35.9 Å². The standard InChI is InChI=1S/C16H21N3O2/c1-4-14-18-12-9-11(5-6-13(12)21-14)17-15(20)16(2)7-8-19(3)10-16/h5-6,9H,4,7-8,10H2,1-3H3,(H,17,20). The third-order valence-electron chi connectivity index (χ3n) is 4.20. The Morgan fingerprint density at radius 2 is 2.33 bits per heavy atom. The SMILES string of the molecule is CCc1nc2cc(NC(=O)C3(C)CCN(C)C3)ccc2o1. The lowest BCUT2D eigenvalue weighted by Crippen LogP contribution is -2.35. The molecule has 2 heterocycles. The molecule has 5 heteroatoms. The fourth-order valence-corrected chi connectivity index (χ4v) is 2.86. The van der Waals surface area contributed by atoms with Crippen molar-refractivity contribution in [1.29, 1.82) is 0 Å². The van der Waals surface area contributed by atoms with Crippen LogP contribution in [0.25, 0.3) is 11.1 Å². The van der Waals surface area contributed by atoms with E-state index in [2.05, 4.69) is 15.2 Å². The molecule has 0 radical (unpaired) electrons. The molecule has 0 spiro atoms. The smallest absolute Gasteiger partial charge is 0.231 e. The number of rotatable bonds is 3. The molecule has 1 amide bonds. The summed E-state index contributed by atoms with van der Waals surface area (Å²) < 4.78 is 5.58. The fraction of sp³-hybridized carbons (Fsp3) is 0.500. The number of anilines is 1. The lowest BCUT2D eigenvalue weighted by atomic mass is 9.88. The summed E-state index contributed by atoms with van der Waals surface area (Å²) in [6.07, 6.45) is 1.66. The Bertz CT molecular complexity index is 679. The van der Waals surface area contributed by atoms with E-state index in [1.165, 1.54) is 0 Å². The van der Waals surface area contributed by atoms with E-state index in [1.54, 1.807) is 0 Å². The van der Waals surface area contributed by atoms with Crippen LogP contribution in [0, 0.1) is 5.41 Å². The number of aryl methyl sites for hydroxylation is 1. The van der Waals surface area contributed by atoms with Gasteiger partial charge in [0.25, 0.3) is 0 Å². The number of benzene rings is 1. The molecule has 1 aromatic heterocycles. The highest BCUT2D eigenvalue weighted by Gasteiger charge is 2.38. The molecule has 0 bridgehead atoms. The third kappa shape index (κ3) is 2.65. The molecule has 1 N–H and O–H groups in total. The van der Waals surface area contributed by atoms with Crippen LogP contribution in [0.4, 0.5) is 5.69 Å². The summed E-state index contributed by atoms with van der Waals surface area (Å²) in [5, 5.41) is 3.02. The molecule has 1 fully saturated rings. The fourth-order valence-electron chi connectivity index (χ4n) is 2.86. The highest BCUT2D eigenvalue weighted by molar-refractivity contribution is 5.96. The third-order valence-corrected chi connectivity index (χ3v) is 4.20. The molecule has 112 valence electrons. The van der Waals surface area contributed by atoms with Crippen molar-refractivity contribution >= 4 is 22.7 Å². The maximum atomic E-state index is 12.5. The van der Waals surface area contributed by atoms with E-state index in [-0.39, 0.29) is 11.3 Å². The van der Waals surface area contributed by atoms with Crippen molar-refractivity contribution in [2.75, 3.05) is 25.5 Å². The second-order valence-electron chi connectivity index (χ2n) is 6.15. The minimum absolute atomic E-state index is 0.0745. The number of likely N-dealkylation sites (tertiary alicyclic amines) is 1. The molecule has 0 saturated carbocycles. The Kier molecular flexibility index (Phi) is 3.45. The summed E-state index contributed by atoms with van der Waals surface area (Å²) in [5.41, 5.74) is 2.01. The Morgan fingerprint density at radius 1 is 1.52 bits per heavy atom. The van der Waals surface area contributed by atoms with E-state index < -0.39 is 0 Å². The largest absolute Gasteiger partial charge is 0.441 e. The minimum Gasteiger partial charge on any atom is -0.441 e. The summed E-state index contributed by atoms with van der Waals surface area (Å²) in [6, 6.07) is 5.60. The van der Waals surface area contributed by atoms with E-state index in [0.29, 0.717) is 0 Å². The minimum atomic E-state index is -0.317. The molecule has 0 aliphatic carbocycles. The first-order valence-corrected chi connectivity index (χ1v) is 7.40. The maximum Gasteiger partial charge on any atom is 0.231 e. The number of fused-ring (bicyclic) bond motifs is 1. The van der Waals surface area contributed by atoms with Crippen molar-refractivity contribution < 1.29 is 9.21 Å². The number of nitrogens with zero attached hydrogens (tertiary/aromatic N) is 2. The Hall–Kier alpha value is -1.88. The number of carbonyl (C=O) groups is 1. The number of hydrogen-bond acceptors (Lipinski definition) is 4. The average molecular weight is 287 g/mol. The predicted octanol–water partition coefficient (Wildman–Crippen LogP) is 2.67. The van der Waals surface area contributed by atoms with Crippen molar-refractivity contribution in [3.8, 4) is 0 Å². The van der Waals surface area contributed by atoms with Crippen molar-refractivity contribution in [2.24, 2.45) is 5.41 Å². The molecule has 2 aromatic rings. The van der Waals surface area contributed by atoms with Gasteiger partial charge < -0.3 is 14.6 Å². The van der Waals surface area contributed by atoms with Gasteiger partial charge >= 0.3 is 0 Å². The second-order valence-corrected chi connectivity index (χ2v) is 6.15. The number of nitrogens with one attached hydrogen (secondary N) is 1. The quantitative estimate of drug-likeness (QED) is 0.943. The van der Waals surface area contributed by atoms with Crippen LogP contribution in [-0.2, 0) is 11.2 Å². The van der Waals surface area contributed by atoms with Gasteiger partial charge in [-0.15, -0.1) is 0 Å². The summed E-state index contributed by atoms with van der Waals surface area (Å²) >= 11 is 0. The molecule has 3 rings (SSSR count). The molecule has 1 atom stereocenters. The number of amides is 1. The normalized spacial score (nSPS) is 22.8. The van der Waals surface area contributed by atoms with Gasteiger partial charge in [-0.2, -0.15) is 0 Å². The zero-order valence-electron chi connectivity index (χ0n) is 12.8. The van der Waals surface area contributed by atoms with E-state index in [4.69, 9.17) is 4.42 Å². The van der Waals surface area contributed by atoms with Gasteiger partial charge in [-0.25, -0.2) is 4.98 Å². The van der Waals surface area contributed by atoms with Crippen molar-refractivity contribution in [2.45, 2.75) is 26.7 Å². The predicted molar refractivity (Wildman–Crippen MR) is 82.2 cm³/mol. The van der Waals surface area contributed by atoms with Crippen molar-refractivity contribution in [3.63, 3.8) is 0 Å². The monoisotopic (exact) mass is 287 g/mol. The molecule has 1 unspecified atom stereocenters. The lowest BCUT2D eigenvalue weighted by Gasteiger charge is -2.22. The Labute approximate surface area is 124 Å². The summed E-state index contributed by atoms with van der Waals surface area (Å²) in [6.45, 7) is 5.79. The van der Waals surface area contributed by atoms with Crippen LogP contribution < -0.4 is 5.32 Å². The molecule has 1 aliphatic heterocycles. The first kappa shape index (κ1) is 14.1. The summed E-state index contributed by atoms with van der Waals surface area (Å²) in [4.78, 5) is 19.1. The topological polar surface area (TPSA) is 58.4 Å². The van der Waals surface area contributed by atoms with E-state index in [1.807, 2.05) is 39.1 Å². The Balaban J connectivity index is 1.79. The van der Waals surface area contributed by atoms with Gasteiger partial charge in [0, 0.05) is 18.7 Å². The zero-order chi connectivity index (χ0) is 15.0. The number of carbonyl (C=O) groups excluding carboxylic acids is 1. The first-order chi connectivity index (χ1) is 10.00. The van der Waals surface area contributed by atoms with E-state index >= 15 is 0 Å². The van der Waals surface area contributed by atoms with Gasteiger partial charge in [-0.3, -0.25) is 4.79 Å². The van der Waals surface area contributed by atoms with Gasteiger partial charge in [0.1, 0.15) is 5.52 Å². The average Bonchev–Trinajstić information content (AvgIpc) is 3.02. The first-order valence-electron chi connectivity index (χ1n) is 7.40. The lowest BCUT2D eigenvalue weighted by molar-refractivity contribution is -0.124. The van der Waals surface area contributed by atoms with Gasteiger partial charge in [-0.1, -0.05) is 6.92 Å². The molecule has 1 aromatic carbocycles. The van der Waals surface area contributed by atoms with Crippen LogP contribution in [0.1, 0.15) is 26.2 Å². The Morgan fingerprint density at radius 3 is 3.00 bits per heavy atom. The van der Waals surface area contributed by atoms with Crippen molar-refractivity contribution in [3.05, 3.63) is 24.1 Å². The molecule has 1 saturated heterocycles. The van der Waals surface area contributed by atoms with E-state index in [0.717, 1.165) is 48.6 Å². The second kappa shape index (κ2) is 5.15. The van der Waals surface area contributed by atoms with Gasteiger partial charge in [-0.05, 0) is 45.1 Å².